The molecule has 1 amide bonds. The van der Waals surface area contributed by atoms with Gasteiger partial charge in [-0.05, 0) is 50.1 Å². The highest BCUT2D eigenvalue weighted by Gasteiger charge is 2.41. The molecule has 2 aromatic rings. The summed E-state index contributed by atoms with van der Waals surface area (Å²) in [6, 6.07) is 3.50. The molecule has 4 rings (SSSR count). The summed E-state index contributed by atoms with van der Waals surface area (Å²) in [5.74, 6) is -0.710. The molecule has 1 atom stereocenters. The minimum absolute atomic E-state index is 0.00158. The van der Waals surface area contributed by atoms with Gasteiger partial charge in [0.2, 0.25) is 0 Å². The van der Waals surface area contributed by atoms with Crippen LogP contribution < -0.4 is 15.2 Å². The van der Waals surface area contributed by atoms with Gasteiger partial charge in [-0.3, -0.25) is 4.79 Å². The standard InChI is InChI=1S/C28H38F4N4O5Si/c1-27(2,3)41-26(38)34-8-7-20(16-34)40-23-12-19-15-35(14-18(19)11-21(23)29)22-13-33-36(17-39-9-10-42(4,5)6)25(37)24(22)28(30,31)32/h11-13,20H,7-10,14-17H2,1-6H3. The van der Waals surface area contributed by atoms with Crippen LogP contribution in [0.25, 0.3) is 0 Å². The monoisotopic (exact) mass is 614 g/mol. The van der Waals surface area contributed by atoms with Crippen molar-refractivity contribution in [2.45, 2.75) is 90.6 Å². The Morgan fingerprint density at radius 1 is 1.12 bits per heavy atom. The molecule has 1 aromatic heterocycles. The number of likely N-dealkylation sites (tertiary alicyclic amines) is 1. The minimum Gasteiger partial charge on any atom is -0.485 e. The molecular formula is C28H38F4N4O5Si. The third-order valence-corrected chi connectivity index (χ3v) is 8.63. The Bertz CT molecular complexity index is 1370. The molecule has 2 aliphatic rings. The molecule has 0 N–H and O–H groups in total. The van der Waals surface area contributed by atoms with Crippen molar-refractivity contribution >= 4 is 19.9 Å². The predicted octanol–water partition coefficient (Wildman–Crippen LogP) is 5.62. The lowest BCUT2D eigenvalue weighted by molar-refractivity contribution is -0.138. The first kappa shape index (κ1) is 31.8. The van der Waals surface area contributed by atoms with E-state index in [1.54, 1.807) is 20.8 Å². The van der Waals surface area contributed by atoms with E-state index in [1.807, 2.05) is 0 Å². The van der Waals surface area contributed by atoms with Gasteiger partial charge in [0.25, 0.3) is 5.56 Å². The summed E-state index contributed by atoms with van der Waals surface area (Å²) in [6.07, 6.45) is -4.40. The fourth-order valence-electron chi connectivity index (χ4n) is 4.76. The number of hydrogen-bond donors (Lipinski definition) is 0. The lowest BCUT2D eigenvalue weighted by atomic mass is 10.1. The van der Waals surface area contributed by atoms with E-state index in [-0.39, 0.29) is 37.8 Å². The minimum atomic E-state index is -4.94. The fraction of sp³-hybridized carbons (Fsp3) is 0.607. The molecule has 0 spiro atoms. The number of alkyl halides is 3. The van der Waals surface area contributed by atoms with E-state index >= 15 is 4.39 Å². The smallest absolute Gasteiger partial charge is 0.423 e. The first-order valence-corrected chi connectivity index (χ1v) is 17.6. The maximum absolute atomic E-state index is 15.0. The first-order chi connectivity index (χ1) is 19.4. The van der Waals surface area contributed by atoms with Crippen LogP contribution in [0.2, 0.25) is 25.7 Å². The van der Waals surface area contributed by atoms with Crippen molar-refractivity contribution in [1.29, 1.82) is 0 Å². The van der Waals surface area contributed by atoms with Crippen LogP contribution in [0.5, 0.6) is 5.75 Å². The molecule has 1 fully saturated rings. The lowest BCUT2D eigenvalue weighted by Gasteiger charge is -2.24. The number of benzene rings is 1. The first-order valence-electron chi connectivity index (χ1n) is 13.9. The van der Waals surface area contributed by atoms with E-state index in [1.165, 1.54) is 21.9 Å². The number of nitrogens with zero attached hydrogens (tertiary/aromatic N) is 4. The normalized spacial score (nSPS) is 17.5. The van der Waals surface area contributed by atoms with E-state index in [4.69, 9.17) is 14.2 Å². The van der Waals surface area contributed by atoms with E-state index in [9.17, 15) is 22.8 Å². The summed E-state index contributed by atoms with van der Waals surface area (Å²) in [7, 11) is -1.42. The van der Waals surface area contributed by atoms with Crippen molar-refractivity contribution in [2.75, 3.05) is 24.6 Å². The number of rotatable bonds is 8. The number of carbonyl (C=O) groups excluding carboxylic acids is 1. The van der Waals surface area contributed by atoms with Crippen LogP contribution in [-0.4, -0.2) is 60.2 Å². The van der Waals surface area contributed by atoms with Crippen molar-refractivity contribution in [3.05, 3.63) is 51.2 Å². The average molecular weight is 615 g/mol. The molecule has 0 radical (unpaired) electrons. The molecule has 0 bridgehead atoms. The van der Waals surface area contributed by atoms with Crippen molar-refractivity contribution in [1.82, 2.24) is 14.7 Å². The number of anilines is 1. The van der Waals surface area contributed by atoms with Crippen LogP contribution in [0.1, 0.15) is 43.9 Å². The Hall–Kier alpha value is -3.13. The number of ether oxygens (including phenoxy) is 3. The van der Waals surface area contributed by atoms with E-state index in [2.05, 4.69) is 24.7 Å². The van der Waals surface area contributed by atoms with Gasteiger partial charge in [-0.1, -0.05) is 19.6 Å². The highest BCUT2D eigenvalue weighted by molar-refractivity contribution is 6.76. The summed E-state index contributed by atoms with van der Waals surface area (Å²) in [5, 5.41) is 3.95. The quantitative estimate of drug-likeness (QED) is 0.217. The molecule has 9 nitrogen and oxygen atoms in total. The second kappa shape index (κ2) is 11.9. The number of carbonyl (C=O) groups is 1. The molecule has 42 heavy (non-hydrogen) atoms. The summed E-state index contributed by atoms with van der Waals surface area (Å²) in [4.78, 5) is 28.1. The van der Waals surface area contributed by atoms with E-state index < -0.39 is 49.0 Å². The molecule has 3 heterocycles. The van der Waals surface area contributed by atoms with Crippen LogP contribution in [0.4, 0.5) is 28.0 Å². The molecule has 14 heteroatoms. The SMILES string of the molecule is CC(C)(C)OC(=O)N1CCC(Oc2cc3c(cc2F)CN(c2cnn(COCC[Si](C)(C)C)c(=O)c2C(F)(F)F)C3)C1. The fourth-order valence-corrected chi connectivity index (χ4v) is 5.52. The lowest BCUT2D eigenvalue weighted by Crippen LogP contribution is -2.36. The number of fused-ring (bicyclic) bond motifs is 1. The Morgan fingerprint density at radius 2 is 1.79 bits per heavy atom. The predicted molar refractivity (Wildman–Crippen MR) is 151 cm³/mol. The summed E-state index contributed by atoms with van der Waals surface area (Å²) in [6.45, 7) is 12.2. The van der Waals surface area contributed by atoms with Crippen molar-refractivity contribution < 1.29 is 36.6 Å². The third kappa shape index (κ3) is 7.82. The number of halogens is 4. The molecule has 2 aliphatic heterocycles. The number of hydrogen-bond acceptors (Lipinski definition) is 7. The third-order valence-electron chi connectivity index (χ3n) is 6.92. The molecule has 1 saturated heterocycles. The zero-order chi connectivity index (χ0) is 31.0. The number of amides is 1. The van der Waals surface area contributed by atoms with Gasteiger partial charge in [-0.25, -0.2) is 13.9 Å². The van der Waals surface area contributed by atoms with Crippen molar-refractivity contribution in [3.63, 3.8) is 0 Å². The largest absolute Gasteiger partial charge is 0.485 e. The van der Waals surface area contributed by atoms with Gasteiger partial charge in [-0.2, -0.15) is 18.3 Å². The van der Waals surface area contributed by atoms with Crippen LogP contribution in [0.3, 0.4) is 0 Å². The second-order valence-corrected chi connectivity index (χ2v) is 18.5. The molecule has 1 aromatic carbocycles. The van der Waals surface area contributed by atoms with Gasteiger partial charge in [0.15, 0.2) is 11.6 Å². The van der Waals surface area contributed by atoms with Crippen molar-refractivity contribution in [3.8, 4) is 5.75 Å². The molecule has 0 saturated carbocycles. The molecule has 232 valence electrons. The van der Waals surface area contributed by atoms with Crippen LogP contribution in [-0.2, 0) is 35.5 Å². The Kier molecular flexibility index (Phi) is 8.98. The molecule has 0 aliphatic carbocycles. The Balaban J connectivity index is 1.47. The van der Waals surface area contributed by atoms with Gasteiger partial charge < -0.3 is 24.0 Å². The van der Waals surface area contributed by atoms with Crippen LogP contribution in [0, 0.1) is 5.82 Å². The van der Waals surface area contributed by atoms with Crippen LogP contribution >= 0.6 is 0 Å². The summed E-state index contributed by atoms with van der Waals surface area (Å²) < 4.78 is 74.8. The maximum atomic E-state index is 15.0. The van der Waals surface area contributed by atoms with E-state index in [0.29, 0.717) is 35.4 Å². The van der Waals surface area contributed by atoms with E-state index in [0.717, 1.165) is 12.2 Å². The Morgan fingerprint density at radius 3 is 2.40 bits per heavy atom. The highest BCUT2D eigenvalue weighted by Crippen LogP contribution is 2.38. The maximum Gasteiger partial charge on any atom is 0.423 e. The van der Waals surface area contributed by atoms with Gasteiger partial charge >= 0.3 is 12.3 Å². The zero-order valence-electron chi connectivity index (χ0n) is 24.8. The van der Waals surface area contributed by atoms with Crippen molar-refractivity contribution in [2.24, 2.45) is 0 Å². The molecular weight excluding hydrogens is 576 g/mol. The van der Waals surface area contributed by atoms with Crippen LogP contribution in [0.15, 0.2) is 23.1 Å². The van der Waals surface area contributed by atoms with Gasteiger partial charge in [0.05, 0.1) is 18.4 Å². The second-order valence-electron chi connectivity index (χ2n) is 12.9. The zero-order valence-corrected chi connectivity index (χ0v) is 25.8. The summed E-state index contributed by atoms with van der Waals surface area (Å²) >= 11 is 0. The highest BCUT2D eigenvalue weighted by atomic mass is 28.3. The molecule has 1 unspecified atom stereocenters. The Labute approximate surface area is 243 Å². The number of aromatic nitrogens is 2. The van der Waals surface area contributed by atoms with Gasteiger partial charge in [0.1, 0.15) is 24.0 Å². The average Bonchev–Trinajstić information content (AvgIpc) is 3.47. The topological polar surface area (TPSA) is 86.1 Å². The summed E-state index contributed by atoms with van der Waals surface area (Å²) in [5.41, 5.74) is -2.62. The van der Waals surface area contributed by atoms with Gasteiger partial charge in [-0.15, -0.1) is 0 Å². The van der Waals surface area contributed by atoms with Gasteiger partial charge in [0, 0.05) is 40.7 Å².